The van der Waals surface area contributed by atoms with Crippen LogP contribution in [0.25, 0.3) is 0 Å². The highest BCUT2D eigenvalue weighted by Crippen LogP contribution is 2.28. The summed E-state index contributed by atoms with van der Waals surface area (Å²) in [6.07, 6.45) is 0.498. The number of sulfonamides is 1. The van der Waals surface area contributed by atoms with Crippen molar-refractivity contribution >= 4 is 27.5 Å². The van der Waals surface area contributed by atoms with Gasteiger partial charge in [0.25, 0.3) is 0 Å². The molecule has 2 aliphatic heterocycles. The molecule has 0 saturated carbocycles. The molecule has 0 radical (unpaired) electrons. The van der Waals surface area contributed by atoms with Crippen LogP contribution in [0.15, 0.2) is 18.2 Å². The third kappa shape index (κ3) is 3.87. The predicted molar refractivity (Wildman–Crippen MR) is 104 cm³/mol. The normalized spacial score (nSPS) is 21.7. The molecular weight excluding hydrogens is 366 g/mol. The van der Waals surface area contributed by atoms with E-state index in [9.17, 15) is 18.0 Å². The number of amides is 2. The minimum Gasteiger partial charge on any atom is -0.339 e. The van der Waals surface area contributed by atoms with Crippen LogP contribution in [0, 0.1) is 19.8 Å². The zero-order valence-corrected chi connectivity index (χ0v) is 17.0. The monoisotopic (exact) mass is 393 g/mol. The van der Waals surface area contributed by atoms with Crippen molar-refractivity contribution in [3.8, 4) is 0 Å². The molecular formula is C19H27N3O4S. The van der Waals surface area contributed by atoms with E-state index in [1.807, 2.05) is 32.0 Å². The van der Waals surface area contributed by atoms with Crippen LogP contribution in [-0.2, 0) is 19.6 Å². The number of hydrogen-bond donors (Lipinski definition) is 0. The van der Waals surface area contributed by atoms with Gasteiger partial charge in [-0.05, 0) is 50.5 Å². The molecule has 0 aromatic heterocycles. The van der Waals surface area contributed by atoms with Crippen molar-refractivity contribution in [2.75, 3.05) is 43.4 Å². The number of piperazine rings is 1. The molecule has 3 rings (SSSR count). The number of carbonyl (C=O) groups excluding carboxylic acids is 2. The summed E-state index contributed by atoms with van der Waals surface area (Å²) in [6, 6.07) is 5.89. The molecule has 2 fully saturated rings. The minimum atomic E-state index is -3.23. The number of carbonyl (C=O) groups is 2. The summed E-state index contributed by atoms with van der Waals surface area (Å²) in [4.78, 5) is 29.0. The van der Waals surface area contributed by atoms with Crippen LogP contribution in [0.1, 0.15) is 24.5 Å². The van der Waals surface area contributed by atoms with Gasteiger partial charge in [0.1, 0.15) is 5.92 Å². The number of hydrogen-bond acceptors (Lipinski definition) is 4. The van der Waals surface area contributed by atoms with Crippen molar-refractivity contribution in [1.29, 1.82) is 0 Å². The van der Waals surface area contributed by atoms with Gasteiger partial charge >= 0.3 is 0 Å². The standard InChI is InChI=1S/C19H27N3O4S/c1-4-27(25,26)21-11-9-20(10-12-21)18(23)17-7-8-22(19(17)24)16-6-5-14(2)15(3)13-16/h5-6,13,17H,4,7-12H2,1-3H3. The Bertz CT molecular complexity index is 845. The van der Waals surface area contributed by atoms with Gasteiger partial charge in [0, 0.05) is 38.4 Å². The summed E-state index contributed by atoms with van der Waals surface area (Å²) >= 11 is 0. The van der Waals surface area contributed by atoms with E-state index >= 15 is 0 Å². The highest BCUT2D eigenvalue weighted by atomic mass is 32.2. The maximum Gasteiger partial charge on any atom is 0.239 e. The Labute approximate surface area is 161 Å². The largest absolute Gasteiger partial charge is 0.339 e. The van der Waals surface area contributed by atoms with Gasteiger partial charge in [-0.1, -0.05) is 6.07 Å². The number of anilines is 1. The maximum absolute atomic E-state index is 12.8. The zero-order chi connectivity index (χ0) is 19.8. The highest BCUT2D eigenvalue weighted by Gasteiger charge is 2.40. The zero-order valence-electron chi connectivity index (χ0n) is 16.1. The third-order valence-electron chi connectivity index (χ3n) is 5.61. The highest BCUT2D eigenvalue weighted by molar-refractivity contribution is 7.89. The van der Waals surface area contributed by atoms with Gasteiger partial charge in [0.15, 0.2) is 0 Å². The maximum atomic E-state index is 12.8. The summed E-state index contributed by atoms with van der Waals surface area (Å²) in [6.45, 7) is 7.44. The Morgan fingerprint density at radius 3 is 2.33 bits per heavy atom. The second-order valence-electron chi connectivity index (χ2n) is 7.22. The molecule has 1 aromatic rings. The van der Waals surface area contributed by atoms with E-state index in [1.54, 1.807) is 16.7 Å². The smallest absolute Gasteiger partial charge is 0.239 e. The van der Waals surface area contributed by atoms with Gasteiger partial charge < -0.3 is 9.80 Å². The minimum absolute atomic E-state index is 0.0625. The molecule has 148 valence electrons. The molecule has 0 bridgehead atoms. The quantitative estimate of drug-likeness (QED) is 0.719. The first-order valence-corrected chi connectivity index (χ1v) is 11.0. The van der Waals surface area contributed by atoms with Crippen molar-refractivity contribution in [2.24, 2.45) is 5.92 Å². The van der Waals surface area contributed by atoms with E-state index in [4.69, 9.17) is 0 Å². The van der Waals surface area contributed by atoms with Gasteiger partial charge in [0.2, 0.25) is 21.8 Å². The lowest BCUT2D eigenvalue weighted by molar-refractivity contribution is -0.140. The van der Waals surface area contributed by atoms with E-state index in [-0.39, 0.29) is 17.6 Å². The summed E-state index contributed by atoms with van der Waals surface area (Å²) < 4.78 is 25.3. The SMILES string of the molecule is CCS(=O)(=O)N1CCN(C(=O)C2CCN(c3ccc(C)c(C)c3)C2=O)CC1. The van der Waals surface area contributed by atoms with Crippen molar-refractivity contribution in [3.63, 3.8) is 0 Å². The molecule has 1 aromatic carbocycles. The second kappa shape index (κ2) is 7.59. The van der Waals surface area contributed by atoms with Gasteiger partial charge in [-0.3, -0.25) is 9.59 Å². The summed E-state index contributed by atoms with van der Waals surface area (Å²) in [5.74, 6) is -0.944. The Morgan fingerprint density at radius 2 is 1.74 bits per heavy atom. The number of rotatable bonds is 4. The average Bonchev–Trinajstić information content (AvgIpc) is 3.05. The summed E-state index contributed by atoms with van der Waals surface area (Å²) in [5, 5.41) is 0. The van der Waals surface area contributed by atoms with Crippen molar-refractivity contribution in [3.05, 3.63) is 29.3 Å². The fourth-order valence-corrected chi connectivity index (χ4v) is 4.73. The van der Waals surface area contributed by atoms with Crippen LogP contribution in [0.2, 0.25) is 0 Å². The van der Waals surface area contributed by atoms with E-state index in [0.29, 0.717) is 39.1 Å². The summed E-state index contributed by atoms with van der Waals surface area (Å²) in [5.41, 5.74) is 3.11. The third-order valence-corrected chi connectivity index (χ3v) is 7.50. The van der Waals surface area contributed by atoms with Crippen LogP contribution in [0.3, 0.4) is 0 Å². The molecule has 7 nitrogen and oxygen atoms in total. The molecule has 0 spiro atoms. The number of aryl methyl sites for hydroxylation is 2. The second-order valence-corrected chi connectivity index (χ2v) is 9.48. The first-order valence-electron chi connectivity index (χ1n) is 9.40. The lowest BCUT2D eigenvalue weighted by Crippen LogP contribution is -2.52. The number of nitrogens with zero attached hydrogens (tertiary/aromatic N) is 3. The molecule has 8 heteroatoms. The molecule has 2 aliphatic rings. The molecule has 27 heavy (non-hydrogen) atoms. The van der Waals surface area contributed by atoms with Crippen molar-refractivity contribution in [2.45, 2.75) is 27.2 Å². The topological polar surface area (TPSA) is 78.0 Å². The Balaban J connectivity index is 1.65. The lowest BCUT2D eigenvalue weighted by atomic mass is 10.1. The fourth-order valence-electron chi connectivity index (χ4n) is 3.65. The number of benzene rings is 1. The predicted octanol–water partition coefficient (Wildman–Crippen LogP) is 1.15. The molecule has 1 atom stereocenters. The average molecular weight is 394 g/mol. The van der Waals surface area contributed by atoms with Gasteiger partial charge in [0.05, 0.1) is 5.75 Å². The lowest BCUT2D eigenvalue weighted by Gasteiger charge is -2.34. The van der Waals surface area contributed by atoms with Crippen LogP contribution in [0.4, 0.5) is 5.69 Å². The Hall–Kier alpha value is -1.93. The molecule has 0 N–H and O–H groups in total. The van der Waals surface area contributed by atoms with Gasteiger partial charge in [-0.25, -0.2) is 8.42 Å². The van der Waals surface area contributed by atoms with Crippen LogP contribution in [0.5, 0.6) is 0 Å². The van der Waals surface area contributed by atoms with Crippen LogP contribution in [-0.4, -0.2) is 67.9 Å². The van der Waals surface area contributed by atoms with E-state index < -0.39 is 15.9 Å². The van der Waals surface area contributed by atoms with Crippen molar-refractivity contribution < 1.29 is 18.0 Å². The molecule has 0 aliphatic carbocycles. The Morgan fingerprint density at radius 1 is 1.07 bits per heavy atom. The molecule has 2 heterocycles. The van der Waals surface area contributed by atoms with E-state index in [0.717, 1.165) is 16.8 Å². The van der Waals surface area contributed by atoms with E-state index in [1.165, 1.54) is 4.31 Å². The fraction of sp³-hybridized carbons (Fsp3) is 0.579. The summed E-state index contributed by atoms with van der Waals surface area (Å²) in [7, 11) is -3.23. The molecule has 2 saturated heterocycles. The van der Waals surface area contributed by atoms with Crippen molar-refractivity contribution in [1.82, 2.24) is 9.21 Å². The molecule has 2 amide bonds. The first kappa shape index (κ1) is 19.8. The van der Waals surface area contributed by atoms with Gasteiger partial charge in [-0.2, -0.15) is 4.31 Å². The molecule has 1 unspecified atom stereocenters. The van der Waals surface area contributed by atoms with Gasteiger partial charge in [-0.15, -0.1) is 0 Å². The van der Waals surface area contributed by atoms with Crippen LogP contribution >= 0.6 is 0 Å². The first-order chi connectivity index (χ1) is 12.7. The Kier molecular flexibility index (Phi) is 5.58. The van der Waals surface area contributed by atoms with E-state index in [2.05, 4.69) is 0 Å². The van der Waals surface area contributed by atoms with Crippen LogP contribution < -0.4 is 4.90 Å².